The summed E-state index contributed by atoms with van der Waals surface area (Å²) in [5, 5.41) is 8.69. The maximum Gasteiger partial charge on any atom is 0.311 e. The number of fused-ring (bicyclic) bond motifs is 1. The number of nitrogens with zero attached hydrogens (tertiary/aromatic N) is 4. The van der Waals surface area contributed by atoms with E-state index in [2.05, 4.69) is 30.9 Å². The van der Waals surface area contributed by atoms with Gasteiger partial charge >= 0.3 is 5.97 Å². The third kappa shape index (κ3) is 2.39. The van der Waals surface area contributed by atoms with E-state index < -0.39 is 5.97 Å². The number of hydrogen-bond donors (Lipinski definition) is 1. The van der Waals surface area contributed by atoms with Gasteiger partial charge in [-0.15, -0.1) is 0 Å². The van der Waals surface area contributed by atoms with Crippen molar-refractivity contribution in [3.63, 3.8) is 0 Å². The summed E-state index contributed by atoms with van der Waals surface area (Å²) in [5.41, 5.74) is 2.53. The Hall–Kier alpha value is -2.28. The molecule has 0 saturated carbocycles. The van der Waals surface area contributed by atoms with E-state index in [0.717, 1.165) is 21.2 Å². The standard InChI is InChI=1S/C13H9BrN4O2/c14-8-1-2-11-10(3-8)17-7-18(11)9-5-15-12(16-6-9)4-13(19)20/h1-3,5-7H,4H2,(H,19,20). The maximum atomic E-state index is 10.6. The molecule has 0 aliphatic rings. The molecule has 0 atom stereocenters. The molecule has 0 bridgehead atoms. The fraction of sp³-hybridized carbons (Fsp3) is 0.0769. The number of rotatable bonds is 3. The summed E-state index contributed by atoms with van der Waals surface area (Å²) in [4.78, 5) is 23.0. The van der Waals surface area contributed by atoms with Crippen LogP contribution in [-0.2, 0) is 11.2 Å². The van der Waals surface area contributed by atoms with Crippen LogP contribution < -0.4 is 0 Å². The third-order valence-electron chi connectivity index (χ3n) is 2.79. The lowest BCUT2D eigenvalue weighted by molar-refractivity contribution is -0.136. The van der Waals surface area contributed by atoms with Crippen molar-refractivity contribution >= 4 is 32.9 Å². The molecule has 3 aromatic rings. The summed E-state index contributed by atoms with van der Waals surface area (Å²) >= 11 is 3.40. The van der Waals surface area contributed by atoms with Crippen molar-refractivity contribution in [1.29, 1.82) is 0 Å². The third-order valence-corrected chi connectivity index (χ3v) is 3.28. The highest BCUT2D eigenvalue weighted by atomic mass is 79.9. The Balaban J connectivity index is 2.00. The summed E-state index contributed by atoms with van der Waals surface area (Å²) in [6.45, 7) is 0. The average Bonchev–Trinajstić information content (AvgIpc) is 2.82. The van der Waals surface area contributed by atoms with Crippen LogP contribution in [0.5, 0.6) is 0 Å². The van der Waals surface area contributed by atoms with Gasteiger partial charge in [0.1, 0.15) is 18.6 Å². The molecule has 2 aromatic heterocycles. The van der Waals surface area contributed by atoms with Crippen LogP contribution in [0, 0.1) is 0 Å². The van der Waals surface area contributed by atoms with E-state index in [0.29, 0.717) is 0 Å². The first kappa shape index (κ1) is 12.7. The number of aliphatic carboxylic acids is 1. The maximum absolute atomic E-state index is 10.6. The van der Waals surface area contributed by atoms with Crippen molar-refractivity contribution in [2.24, 2.45) is 0 Å². The zero-order valence-corrected chi connectivity index (χ0v) is 11.8. The fourth-order valence-corrected chi connectivity index (χ4v) is 2.24. The molecule has 20 heavy (non-hydrogen) atoms. The normalized spacial score (nSPS) is 10.8. The van der Waals surface area contributed by atoms with Crippen LogP contribution >= 0.6 is 15.9 Å². The quantitative estimate of drug-likeness (QED) is 0.795. The molecule has 0 aliphatic carbocycles. The number of benzene rings is 1. The van der Waals surface area contributed by atoms with Crippen LogP contribution in [0.15, 0.2) is 41.4 Å². The molecule has 2 heterocycles. The summed E-state index contributed by atoms with van der Waals surface area (Å²) < 4.78 is 2.81. The lowest BCUT2D eigenvalue weighted by Crippen LogP contribution is -2.05. The van der Waals surface area contributed by atoms with Crippen LogP contribution in [0.4, 0.5) is 0 Å². The minimum atomic E-state index is -0.948. The van der Waals surface area contributed by atoms with Gasteiger partial charge in [0, 0.05) is 4.47 Å². The molecule has 0 radical (unpaired) electrons. The van der Waals surface area contributed by atoms with Crippen LogP contribution in [-0.4, -0.2) is 30.6 Å². The van der Waals surface area contributed by atoms with Crippen molar-refractivity contribution in [3.05, 3.63) is 47.2 Å². The van der Waals surface area contributed by atoms with E-state index in [1.54, 1.807) is 18.7 Å². The second-order valence-electron chi connectivity index (χ2n) is 4.18. The summed E-state index contributed by atoms with van der Waals surface area (Å²) in [5.74, 6) is -0.663. The van der Waals surface area contributed by atoms with E-state index in [1.807, 2.05) is 22.8 Å². The van der Waals surface area contributed by atoms with E-state index in [4.69, 9.17) is 5.11 Å². The van der Waals surface area contributed by atoms with Crippen molar-refractivity contribution in [3.8, 4) is 5.69 Å². The Labute approximate surface area is 122 Å². The van der Waals surface area contributed by atoms with Crippen LogP contribution in [0.1, 0.15) is 5.82 Å². The Morgan fingerprint density at radius 3 is 2.70 bits per heavy atom. The first-order valence-corrected chi connectivity index (χ1v) is 6.58. The predicted octanol–water partition coefficient (Wildman–Crippen LogP) is 2.21. The van der Waals surface area contributed by atoms with Crippen LogP contribution in [0.3, 0.4) is 0 Å². The van der Waals surface area contributed by atoms with Crippen molar-refractivity contribution in [2.45, 2.75) is 6.42 Å². The molecule has 0 aliphatic heterocycles. The lowest BCUT2D eigenvalue weighted by atomic mass is 10.3. The molecule has 3 rings (SSSR count). The highest BCUT2D eigenvalue weighted by molar-refractivity contribution is 9.10. The molecule has 100 valence electrons. The van der Waals surface area contributed by atoms with Crippen molar-refractivity contribution < 1.29 is 9.90 Å². The Bertz CT molecular complexity index is 783. The highest BCUT2D eigenvalue weighted by Crippen LogP contribution is 2.21. The van der Waals surface area contributed by atoms with Crippen LogP contribution in [0.2, 0.25) is 0 Å². The van der Waals surface area contributed by atoms with E-state index in [9.17, 15) is 4.79 Å². The van der Waals surface area contributed by atoms with Crippen molar-refractivity contribution in [2.75, 3.05) is 0 Å². The topological polar surface area (TPSA) is 80.9 Å². The number of carbonyl (C=O) groups is 1. The summed E-state index contributed by atoms with van der Waals surface area (Å²) in [6, 6.07) is 5.79. The van der Waals surface area contributed by atoms with E-state index >= 15 is 0 Å². The summed E-state index contributed by atoms with van der Waals surface area (Å²) in [7, 11) is 0. The zero-order chi connectivity index (χ0) is 14.1. The SMILES string of the molecule is O=C(O)Cc1ncc(-n2cnc3cc(Br)ccc32)cn1. The molecule has 0 unspecified atom stereocenters. The Morgan fingerprint density at radius 1 is 1.25 bits per heavy atom. The molecule has 0 amide bonds. The molecule has 7 heteroatoms. The summed E-state index contributed by atoms with van der Waals surface area (Å²) in [6.07, 6.45) is 4.69. The second kappa shape index (κ2) is 5.01. The zero-order valence-electron chi connectivity index (χ0n) is 10.2. The van der Waals surface area contributed by atoms with Gasteiger partial charge in [0.25, 0.3) is 0 Å². The van der Waals surface area contributed by atoms with Crippen LogP contribution in [0.25, 0.3) is 16.7 Å². The smallest absolute Gasteiger partial charge is 0.311 e. The number of imidazole rings is 1. The van der Waals surface area contributed by atoms with E-state index in [-0.39, 0.29) is 12.2 Å². The molecular weight excluding hydrogens is 324 g/mol. The van der Waals surface area contributed by atoms with E-state index in [1.165, 1.54) is 0 Å². The number of carboxylic acid groups (broad SMARTS) is 1. The van der Waals surface area contributed by atoms with Gasteiger partial charge < -0.3 is 5.11 Å². The number of aromatic nitrogens is 4. The van der Waals surface area contributed by atoms with Gasteiger partial charge in [-0.1, -0.05) is 15.9 Å². The van der Waals surface area contributed by atoms with Gasteiger partial charge in [-0.25, -0.2) is 15.0 Å². The molecular formula is C13H9BrN4O2. The largest absolute Gasteiger partial charge is 0.481 e. The molecule has 0 fully saturated rings. The van der Waals surface area contributed by atoms with Gasteiger partial charge in [-0.3, -0.25) is 9.36 Å². The van der Waals surface area contributed by atoms with Gasteiger partial charge in [-0.2, -0.15) is 0 Å². The predicted molar refractivity (Wildman–Crippen MR) is 75.7 cm³/mol. The highest BCUT2D eigenvalue weighted by Gasteiger charge is 2.07. The Kier molecular flexibility index (Phi) is 3.19. The lowest BCUT2D eigenvalue weighted by Gasteiger charge is -2.04. The number of halogens is 1. The molecule has 6 nitrogen and oxygen atoms in total. The first-order chi connectivity index (χ1) is 9.63. The van der Waals surface area contributed by atoms with Gasteiger partial charge in [0.05, 0.1) is 29.1 Å². The average molecular weight is 333 g/mol. The number of carboxylic acids is 1. The Morgan fingerprint density at radius 2 is 2.00 bits per heavy atom. The number of hydrogen-bond acceptors (Lipinski definition) is 4. The van der Waals surface area contributed by atoms with Crippen molar-refractivity contribution in [1.82, 2.24) is 19.5 Å². The monoisotopic (exact) mass is 332 g/mol. The minimum Gasteiger partial charge on any atom is -0.481 e. The molecule has 1 aromatic carbocycles. The molecule has 0 spiro atoms. The van der Waals surface area contributed by atoms with Gasteiger partial charge in [0.15, 0.2) is 0 Å². The fourth-order valence-electron chi connectivity index (χ4n) is 1.89. The first-order valence-electron chi connectivity index (χ1n) is 5.79. The molecule has 0 saturated heterocycles. The van der Waals surface area contributed by atoms with Gasteiger partial charge in [-0.05, 0) is 18.2 Å². The van der Waals surface area contributed by atoms with Gasteiger partial charge in [0.2, 0.25) is 0 Å². The molecule has 1 N–H and O–H groups in total. The minimum absolute atomic E-state index is 0.183. The second-order valence-corrected chi connectivity index (χ2v) is 5.09.